The van der Waals surface area contributed by atoms with Crippen LogP contribution in [-0.4, -0.2) is 21.0 Å². The second-order valence-electron chi connectivity index (χ2n) is 5.14. The Balaban J connectivity index is 2.47. The number of halogens is 6. The molecular formula is C17H10F6N2O2. The topological polar surface area (TPSA) is 63.1 Å². The van der Waals surface area contributed by atoms with E-state index in [1.807, 2.05) is 0 Å². The molecule has 0 aliphatic carbocycles. The van der Waals surface area contributed by atoms with Crippen LogP contribution in [0.25, 0.3) is 5.57 Å². The van der Waals surface area contributed by atoms with Crippen LogP contribution in [0.15, 0.2) is 54.9 Å². The SMILES string of the molecule is O=C(O)C=CC=C(c1ccc(C(F)(F)F)nc1)c1ccc(C(F)(F)F)nc1. The lowest BCUT2D eigenvalue weighted by Gasteiger charge is -2.11. The first-order valence-corrected chi connectivity index (χ1v) is 7.17. The van der Waals surface area contributed by atoms with Crippen LogP contribution in [0.5, 0.6) is 0 Å². The Kier molecular flexibility index (Phi) is 5.67. The standard InChI is InChI=1S/C17H10F6N2O2/c18-16(19,20)13-6-4-10(8-24-13)12(2-1-3-15(26)27)11-5-7-14(25-9-11)17(21,22)23/h1-9H,(H,26,27). The Labute approximate surface area is 148 Å². The average molecular weight is 388 g/mol. The summed E-state index contributed by atoms with van der Waals surface area (Å²) in [6.07, 6.45) is -4.45. The zero-order valence-corrected chi connectivity index (χ0v) is 13.2. The van der Waals surface area contributed by atoms with E-state index in [1.54, 1.807) is 0 Å². The van der Waals surface area contributed by atoms with Gasteiger partial charge in [-0.1, -0.05) is 24.3 Å². The Morgan fingerprint density at radius 3 is 1.59 bits per heavy atom. The molecule has 27 heavy (non-hydrogen) atoms. The molecule has 10 heteroatoms. The number of aromatic nitrogens is 2. The van der Waals surface area contributed by atoms with Crippen molar-refractivity contribution in [2.75, 3.05) is 0 Å². The molecule has 0 saturated heterocycles. The molecule has 1 N–H and O–H groups in total. The van der Waals surface area contributed by atoms with Crippen LogP contribution in [0, 0.1) is 0 Å². The molecule has 0 spiro atoms. The Morgan fingerprint density at radius 1 is 0.852 bits per heavy atom. The molecule has 2 aromatic rings. The number of allylic oxidation sites excluding steroid dienone is 2. The number of carbonyl (C=O) groups is 1. The fourth-order valence-corrected chi connectivity index (χ4v) is 2.03. The van der Waals surface area contributed by atoms with Gasteiger partial charge in [0.25, 0.3) is 0 Å². The van der Waals surface area contributed by atoms with E-state index in [1.165, 1.54) is 6.08 Å². The van der Waals surface area contributed by atoms with E-state index in [0.717, 1.165) is 36.7 Å². The number of carboxylic acid groups (broad SMARTS) is 1. The van der Waals surface area contributed by atoms with Crippen LogP contribution in [-0.2, 0) is 17.1 Å². The largest absolute Gasteiger partial charge is 0.478 e. The molecule has 2 aromatic heterocycles. The number of hydrogen-bond acceptors (Lipinski definition) is 3. The van der Waals surface area contributed by atoms with E-state index in [0.29, 0.717) is 12.1 Å². The van der Waals surface area contributed by atoms with E-state index in [9.17, 15) is 31.1 Å². The van der Waals surface area contributed by atoms with Gasteiger partial charge in [-0.05, 0) is 17.7 Å². The quantitative estimate of drug-likeness (QED) is 0.473. The number of rotatable bonds is 4. The van der Waals surface area contributed by atoms with E-state index < -0.39 is 29.7 Å². The van der Waals surface area contributed by atoms with Crippen molar-refractivity contribution in [2.45, 2.75) is 12.4 Å². The van der Waals surface area contributed by atoms with Crippen molar-refractivity contribution in [3.8, 4) is 0 Å². The number of aliphatic carboxylic acids is 1. The Hall–Kier alpha value is -3.17. The molecule has 0 atom stereocenters. The normalized spacial score (nSPS) is 12.2. The molecular weight excluding hydrogens is 378 g/mol. The van der Waals surface area contributed by atoms with Gasteiger partial charge in [0.1, 0.15) is 11.4 Å². The lowest BCUT2D eigenvalue weighted by Crippen LogP contribution is -2.08. The van der Waals surface area contributed by atoms with Crippen molar-refractivity contribution in [1.29, 1.82) is 0 Å². The highest BCUT2D eigenvalue weighted by Crippen LogP contribution is 2.31. The summed E-state index contributed by atoms with van der Waals surface area (Å²) in [6, 6.07) is 3.57. The maximum absolute atomic E-state index is 12.6. The highest BCUT2D eigenvalue weighted by Gasteiger charge is 2.33. The smallest absolute Gasteiger partial charge is 0.433 e. The van der Waals surface area contributed by atoms with E-state index in [2.05, 4.69) is 9.97 Å². The van der Waals surface area contributed by atoms with Crippen molar-refractivity contribution in [1.82, 2.24) is 9.97 Å². The third kappa shape index (κ3) is 5.40. The lowest BCUT2D eigenvalue weighted by molar-refractivity contribution is -0.141. The van der Waals surface area contributed by atoms with Crippen molar-refractivity contribution in [2.24, 2.45) is 0 Å². The van der Waals surface area contributed by atoms with Crippen LogP contribution in [0.2, 0.25) is 0 Å². The Morgan fingerprint density at radius 2 is 1.30 bits per heavy atom. The van der Waals surface area contributed by atoms with Gasteiger partial charge >= 0.3 is 18.3 Å². The third-order valence-corrected chi connectivity index (χ3v) is 3.23. The van der Waals surface area contributed by atoms with Gasteiger partial charge in [-0.25, -0.2) is 4.79 Å². The molecule has 2 heterocycles. The molecule has 0 amide bonds. The van der Waals surface area contributed by atoms with Gasteiger partial charge in [-0.3, -0.25) is 9.97 Å². The summed E-state index contributed by atoms with van der Waals surface area (Å²) in [4.78, 5) is 17.2. The minimum Gasteiger partial charge on any atom is -0.478 e. The van der Waals surface area contributed by atoms with Gasteiger partial charge in [0, 0.05) is 29.6 Å². The predicted octanol–water partition coefficient (Wildman–Crippen LogP) is 4.59. The van der Waals surface area contributed by atoms with E-state index in [-0.39, 0.29) is 16.7 Å². The molecule has 0 fully saturated rings. The lowest BCUT2D eigenvalue weighted by atomic mass is 9.99. The first-order chi connectivity index (χ1) is 12.5. The van der Waals surface area contributed by atoms with Crippen LogP contribution < -0.4 is 0 Å². The first kappa shape index (κ1) is 20.1. The first-order valence-electron chi connectivity index (χ1n) is 7.17. The zero-order chi connectivity index (χ0) is 20.2. The number of alkyl halides is 6. The predicted molar refractivity (Wildman–Crippen MR) is 82.3 cm³/mol. The summed E-state index contributed by atoms with van der Waals surface area (Å²) in [5, 5.41) is 8.63. The summed E-state index contributed by atoms with van der Waals surface area (Å²) in [6.45, 7) is 0. The summed E-state index contributed by atoms with van der Waals surface area (Å²) in [5.74, 6) is -1.28. The van der Waals surface area contributed by atoms with Gasteiger partial charge in [-0.2, -0.15) is 26.3 Å². The van der Waals surface area contributed by atoms with Crippen molar-refractivity contribution in [3.05, 3.63) is 77.4 Å². The molecule has 0 radical (unpaired) electrons. The molecule has 0 aliphatic rings. The minimum absolute atomic E-state index is 0.139. The van der Waals surface area contributed by atoms with Crippen molar-refractivity contribution >= 4 is 11.5 Å². The second-order valence-corrected chi connectivity index (χ2v) is 5.14. The van der Waals surface area contributed by atoms with Gasteiger partial charge in [-0.15, -0.1) is 0 Å². The zero-order valence-electron chi connectivity index (χ0n) is 13.2. The van der Waals surface area contributed by atoms with Crippen LogP contribution >= 0.6 is 0 Å². The highest BCUT2D eigenvalue weighted by atomic mass is 19.4. The van der Waals surface area contributed by atoms with Gasteiger partial charge in [0.05, 0.1) is 0 Å². The molecule has 0 unspecified atom stereocenters. The molecule has 142 valence electrons. The van der Waals surface area contributed by atoms with Gasteiger partial charge in [0.2, 0.25) is 0 Å². The number of pyridine rings is 2. The third-order valence-electron chi connectivity index (χ3n) is 3.23. The maximum Gasteiger partial charge on any atom is 0.433 e. The molecule has 0 aliphatic heterocycles. The van der Waals surface area contributed by atoms with Crippen molar-refractivity contribution < 1.29 is 36.2 Å². The van der Waals surface area contributed by atoms with Crippen molar-refractivity contribution in [3.63, 3.8) is 0 Å². The summed E-state index contributed by atoms with van der Waals surface area (Å²) in [5.41, 5.74) is -1.86. The molecule has 0 saturated carbocycles. The molecule has 2 rings (SSSR count). The summed E-state index contributed by atoms with van der Waals surface area (Å²) >= 11 is 0. The van der Waals surface area contributed by atoms with Gasteiger partial charge in [0.15, 0.2) is 0 Å². The number of hydrogen-bond donors (Lipinski definition) is 1. The fourth-order valence-electron chi connectivity index (χ4n) is 2.03. The van der Waals surface area contributed by atoms with E-state index in [4.69, 9.17) is 5.11 Å². The average Bonchev–Trinajstić information content (AvgIpc) is 2.57. The monoisotopic (exact) mass is 388 g/mol. The molecule has 0 bridgehead atoms. The molecule has 4 nitrogen and oxygen atoms in total. The molecule has 0 aromatic carbocycles. The highest BCUT2D eigenvalue weighted by molar-refractivity contribution is 5.83. The van der Waals surface area contributed by atoms with Gasteiger partial charge < -0.3 is 5.11 Å². The van der Waals surface area contributed by atoms with Crippen LogP contribution in [0.3, 0.4) is 0 Å². The Bertz CT molecular complexity index is 807. The van der Waals surface area contributed by atoms with Crippen LogP contribution in [0.1, 0.15) is 22.5 Å². The maximum atomic E-state index is 12.6. The number of carboxylic acids is 1. The number of nitrogens with zero attached hydrogens (tertiary/aromatic N) is 2. The van der Waals surface area contributed by atoms with Crippen LogP contribution in [0.4, 0.5) is 26.3 Å². The summed E-state index contributed by atoms with van der Waals surface area (Å²) < 4.78 is 75.7. The van der Waals surface area contributed by atoms with E-state index >= 15 is 0 Å². The second kappa shape index (κ2) is 7.60. The minimum atomic E-state index is -4.65. The fraction of sp³-hybridized carbons (Fsp3) is 0.118. The summed E-state index contributed by atoms with van der Waals surface area (Å²) in [7, 11) is 0.